The molecule has 7 nitrogen and oxygen atoms in total. The van der Waals surface area contributed by atoms with E-state index >= 15 is 0 Å². The molecule has 0 bridgehead atoms. The van der Waals surface area contributed by atoms with Crippen LogP contribution in [0.5, 0.6) is 0 Å². The molecule has 1 aliphatic heterocycles. The standard InChI is InChI=1S/C13H20N4O3/c1-9(2)13(11(18)19)4-5-17(8-13)12(20)15-10-6-14-16(3)7-10/h6-7,9H,4-5,8H2,1-3H3,(H,15,20)(H,18,19). The first-order valence-corrected chi connectivity index (χ1v) is 6.63. The number of anilines is 1. The summed E-state index contributed by atoms with van der Waals surface area (Å²) in [5.74, 6) is -0.847. The molecule has 1 saturated heterocycles. The number of carboxylic acid groups (broad SMARTS) is 1. The predicted molar refractivity (Wildman–Crippen MR) is 73.3 cm³/mol. The molecule has 0 saturated carbocycles. The summed E-state index contributed by atoms with van der Waals surface area (Å²) in [4.78, 5) is 25.2. The number of carbonyl (C=O) groups excluding carboxylic acids is 1. The van der Waals surface area contributed by atoms with E-state index in [1.165, 1.54) is 0 Å². The van der Waals surface area contributed by atoms with Gasteiger partial charge < -0.3 is 15.3 Å². The molecule has 1 unspecified atom stereocenters. The normalized spacial score (nSPS) is 22.3. The van der Waals surface area contributed by atoms with Gasteiger partial charge in [0.15, 0.2) is 0 Å². The van der Waals surface area contributed by atoms with E-state index in [0.29, 0.717) is 18.7 Å². The van der Waals surface area contributed by atoms with Crippen molar-refractivity contribution in [2.75, 3.05) is 18.4 Å². The first-order chi connectivity index (χ1) is 9.35. The van der Waals surface area contributed by atoms with Gasteiger partial charge >= 0.3 is 12.0 Å². The number of aliphatic carboxylic acids is 1. The molecule has 7 heteroatoms. The van der Waals surface area contributed by atoms with E-state index in [0.717, 1.165) is 0 Å². The Morgan fingerprint density at radius 3 is 2.65 bits per heavy atom. The van der Waals surface area contributed by atoms with Gasteiger partial charge in [0.05, 0.1) is 17.3 Å². The number of hydrogen-bond donors (Lipinski definition) is 2. The summed E-state index contributed by atoms with van der Waals surface area (Å²) in [6, 6.07) is -0.276. The number of nitrogens with one attached hydrogen (secondary N) is 1. The minimum atomic E-state index is -0.841. The molecular formula is C13H20N4O3. The predicted octanol–water partition coefficient (Wildman–Crippen LogP) is 1.38. The first kappa shape index (κ1) is 14.4. The van der Waals surface area contributed by atoms with Crippen LogP contribution in [0, 0.1) is 11.3 Å². The van der Waals surface area contributed by atoms with Crippen molar-refractivity contribution in [2.24, 2.45) is 18.4 Å². The van der Waals surface area contributed by atoms with E-state index in [4.69, 9.17) is 0 Å². The van der Waals surface area contributed by atoms with Gasteiger partial charge in [0, 0.05) is 26.3 Å². The lowest BCUT2D eigenvalue weighted by Crippen LogP contribution is -2.41. The highest BCUT2D eigenvalue weighted by atomic mass is 16.4. The summed E-state index contributed by atoms with van der Waals surface area (Å²) in [5, 5.41) is 16.2. The third-order valence-electron chi connectivity index (χ3n) is 4.08. The number of nitrogens with zero attached hydrogens (tertiary/aromatic N) is 3. The fourth-order valence-electron chi connectivity index (χ4n) is 2.59. The van der Waals surface area contributed by atoms with Crippen LogP contribution in [-0.2, 0) is 11.8 Å². The Kier molecular flexibility index (Phi) is 3.69. The zero-order valence-electron chi connectivity index (χ0n) is 12.0. The fourth-order valence-corrected chi connectivity index (χ4v) is 2.59. The van der Waals surface area contributed by atoms with Gasteiger partial charge in [-0.25, -0.2) is 4.79 Å². The average molecular weight is 280 g/mol. The van der Waals surface area contributed by atoms with Crippen molar-refractivity contribution >= 4 is 17.7 Å². The fraction of sp³-hybridized carbons (Fsp3) is 0.615. The van der Waals surface area contributed by atoms with E-state index in [1.807, 2.05) is 13.8 Å². The highest BCUT2D eigenvalue weighted by Gasteiger charge is 2.48. The van der Waals surface area contributed by atoms with Crippen LogP contribution in [0.15, 0.2) is 12.4 Å². The molecular weight excluding hydrogens is 260 g/mol. The minimum Gasteiger partial charge on any atom is -0.481 e. The van der Waals surface area contributed by atoms with Crippen molar-refractivity contribution in [1.29, 1.82) is 0 Å². The van der Waals surface area contributed by atoms with Crippen LogP contribution in [0.3, 0.4) is 0 Å². The molecule has 1 atom stereocenters. The van der Waals surface area contributed by atoms with Gasteiger partial charge in [0.1, 0.15) is 0 Å². The molecule has 1 aliphatic rings. The maximum atomic E-state index is 12.1. The molecule has 1 fully saturated rings. The van der Waals surface area contributed by atoms with Gasteiger partial charge in [0.25, 0.3) is 0 Å². The number of aryl methyl sites for hydroxylation is 1. The van der Waals surface area contributed by atoms with Crippen LogP contribution < -0.4 is 5.32 Å². The maximum Gasteiger partial charge on any atom is 0.321 e. The Bertz CT molecular complexity index is 525. The van der Waals surface area contributed by atoms with Gasteiger partial charge in [-0.2, -0.15) is 5.10 Å². The molecule has 1 aromatic rings. The smallest absolute Gasteiger partial charge is 0.321 e. The van der Waals surface area contributed by atoms with E-state index in [-0.39, 0.29) is 18.5 Å². The van der Waals surface area contributed by atoms with Gasteiger partial charge in [-0.05, 0) is 12.3 Å². The summed E-state index contributed by atoms with van der Waals surface area (Å²) in [7, 11) is 1.76. The monoisotopic (exact) mass is 280 g/mol. The quantitative estimate of drug-likeness (QED) is 0.875. The minimum absolute atomic E-state index is 0.0174. The molecule has 2 amide bonds. The summed E-state index contributed by atoms with van der Waals surface area (Å²) in [6.07, 6.45) is 3.74. The van der Waals surface area contributed by atoms with Crippen LogP contribution in [0.4, 0.5) is 10.5 Å². The van der Waals surface area contributed by atoms with Crippen molar-refractivity contribution in [3.63, 3.8) is 0 Å². The zero-order chi connectivity index (χ0) is 14.9. The van der Waals surface area contributed by atoms with Crippen LogP contribution in [0.2, 0.25) is 0 Å². The Hall–Kier alpha value is -2.05. The number of carbonyl (C=O) groups is 2. The van der Waals surface area contributed by atoms with Crippen molar-refractivity contribution in [1.82, 2.24) is 14.7 Å². The number of carboxylic acids is 1. The van der Waals surface area contributed by atoms with Crippen molar-refractivity contribution in [3.05, 3.63) is 12.4 Å². The molecule has 1 aromatic heterocycles. The van der Waals surface area contributed by atoms with Crippen LogP contribution in [-0.4, -0.2) is 44.9 Å². The molecule has 2 heterocycles. The van der Waals surface area contributed by atoms with Crippen molar-refractivity contribution in [2.45, 2.75) is 20.3 Å². The zero-order valence-corrected chi connectivity index (χ0v) is 12.0. The van der Waals surface area contributed by atoms with E-state index in [2.05, 4.69) is 10.4 Å². The molecule has 2 rings (SSSR count). The van der Waals surface area contributed by atoms with E-state index in [9.17, 15) is 14.7 Å². The number of likely N-dealkylation sites (tertiary alicyclic amines) is 1. The van der Waals surface area contributed by atoms with Gasteiger partial charge in [-0.3, -0.25) is 9.48 Å². The van der Waals surface area contributed by atoms with Gasteiger partial charge in [-0.1, -0.05) is 13.8 Å². The van der Waals surface area contributed by atoms with Crippen LogP contribution >= 0.6 is 0 Å². The maximum absolute atomic E-state index is 12.1. The van der Waals surface area contributed by atoms with E-state index in [1.54, 1.807) is 29.0 Å². The molecule has 20 heavy (non-hydrogen) atoms. The molecule has 2 N–H and O–H groups in total. The third-order valence-corrected chi connectivity index (χ3v) is 4.08. The first-order valence-electron chi connectivity index (χ1n) is 6.63. The topological polar surface area (TPSA) is 87.5 Å². The number of urea groups is 1. The Labute approximate surface area is 117 Å². The molecule has 110 valence electrons. The highest BCUT2D eigenvalue weighted by Crippen LogP contribution is 2.38. The summed E-state index contributed by atoms with van der Waals surface area (Å²) < 4.78 is 1.59. The summed E-state index contributed by atoms with van der Waals surface area (Å²) in [5.41, 5.74) is -0.235. The Morgan fingerprint density at radius 1 is 1.50 bits per heavy atom. The lowest BCUT2D eigenvalue weighted by atomic mass is 9.76. The van der Waals surface area contributed by atoms with Crippen LogP contribution in [0.25, 0.3) is 0 Å². The average Bonchev–Trinajstić information content (AvgIpc) is 2.96. The number of rotatable bonds is 3. The number of amides is 2. The summed E-state index contributed by atoms with van der Waals surface area (Å²) in [6.45, 7) is 4.47. The Balaban J connectivity index is 2.05. The largest absolute Gasteiger partial charge is 0.481 e. The van der Waals surface area contributed by atoms with Gasteiger partial charge in [-0.15, -0.1) is 0 Å². The molecule has 0 spiro atoms. The number of hydrogen-bond acceptors (Lipinski definition) is 3. The summed E-state index contributed by atoms with van der Waals surface area (Å²) >= 11 is 0. The molecule has 0 aliphatic carbocycles. The number of aromatic nitrogens is 2. The van der Waals surface area contributed by atoms with Crippen molar-refractivity contribution in [3.8, 4) is 0 Å². The second kappa shape index (κ2) is 5.15. The third kappa shape index (κ3) is 2.48. The molecule has 0 aromatic carbocycles. The molecule has 0 radical (unpaired) electrons. The van der Waals surface area contributed by atoms with Crippen LogP contribution in [0.1, 0.15) is 20.3 Å². The van der Waals surface area contributed by atoms with Crippen molar-refractivity contribution < 1.29 is 14.7 Å². The second-order valence-corrected chi connectivity index (χ2v) is 5.62. The SMILES string of the molecule is CC(C)C1(C(=O)O)CCN(C(=O)Nc2cnn(C)c2)C1. The van der Waals surface area contributed by atoms with Gasteiger partial charge in [0.2, 0.25) is 0 Å². The van der Waals surface area contributed by atoms with E-state index < -0.39 is 11.4 Å². The highest BCUT2D eigenvalue weighted by molar-refractivity contribution is 5.90. The lowest BCUT2D eigenvalue weighted by molar-refractivity contribution is -0.150. The lowest BCUT2D eigenvalue weighted by Gasteiger charge is -2.28. The Morgan fingerprint density at radius 2 is 2.20 bits per heavy atom. The second-order valence-electron chi connectivity index (χ2n) is 5.62.